The molecule has 0 bridgehead atoms. The fourth-order valence-electron chi connectivity index (χ4n) is 6.54. The molecule has 1 saturated heterocycles. The largest absolute Gasteiger partial charge is 0.364 e. The van der Waals surface area contributed by atoms with Gasteiger partial charge >= 0.3 is 0 Å². The van der Waals surface area contributed by atoms with E-state index in [1.165, 1.54) is 35.2 Å². The van der Waals surface area contributed by atoms with Gasteiger partial charge in [0.25, 0.3) is 5.91 Å². The second kappa shape index (κ2) is 11.2. The van der Waals surface area contributed by atoms with Crippen LogP contribution in [-0.2, 0) is 16.1 Å². The van der Waals surface area contributed by atoms with E-state index in [2.05, 4.69) is 43.0 Å². The first kappa shape index (κ1) is 29.1. The third-order valence-electron chi connectivity index (χ3n) is 8.70. The summed E-state index contributed by atoms with van der Waals surface area (Å²) >= 11 is 4.74. The molecule has 2 fully saturated rings. The van der Waals surface area contributed by atoms with Crippen LogP contribution in [0.1, 0.15) is 52.7 Å². The summed E-state index contributed by atoms with van der Waals surface area (Å²) in [5, 5.41) is 14.4. The summed E-state index contributed by atoms with van der Waals surface area (Å²) in [4.78, 5) is 51.1. The number of aryl methyl sites for hydroxylation is 1. The number of carbonyl (C=O) groups excluding carboxylic acids is 3. The molecule has 12 nitrogen and oxygen atoms in total. The lowest BCUT2D eigenvalue weighted by atomic mass is 10.1. The maximum atomic E-state index is 14.7. The average molecular weight is 678 g/mol. The number of likely N-dealkylation sites (tertiary alicyclic amines) is 1. The Morgan fingerprint density at radius 2 is 2.00 bits per heavy atom. The number of nitrogens with two attached hydrogens (primary N) is 1. The molecular weight excluding hydrogens is 650 g/mol. The maximum absolute atomic E-state index is 14.7. The molecule has 0 aromatic carbocycles. The number of hydrogen-bond acceptors (Lipinski definition) is 10. The van der Waals surface area contributed by atoms with Crippen LogP contribution in [0.4, 0.5) is 4.39 Å². The van der Waals surface area contributed by atoms with Crippen molar-refractivity contribution in [3.8, 4) is 10.6 Å². The van der Waals surface area contributed by atoms with Gasteiger partial charge in [-0.3, -0.25) is 14.4 Å². The molecule has 7 heterocycles. The minimum Gasteiger partial charge on any atom is -0.364 e. The summed E-state index contributed by atoms with van der Waals surface area (Å²) in [6.45, 7) is 1.34. The normalized spacial score (nSPS) is 21.7. The zero-order valence-corrected chi connectivity index (χ0v) is 27.0. The first-order valence-electron chi connectivity index (χ1n) is 14.9. The number of amides is 3. The van der Waals surface area contributed by atoms with Crippen LogP contribution in [0.3, 0.4) is 0 Å². The van der Waals surface area contributed by atoms with Crippen LogP contribution >= 0.6 is 34.0 Å². The second-order valence-electron chi connectivity index (χ2n) is 11.9. The first-order valence-corrected chi connectivity index (χ1v) is 17.4. The van der Waals surface area contributed by atoms with Crippen molar-refractivity contribution in [3.63, 3.8) is 0 Å². The van der Waals surface area contributed by atoms with Gasteiger partial charge in [0.2, 0.25) is 11.8 Å². The van der Waals surface area contributed by atoms with E-state index in [0.29, 0.717) is 32.5 Å². The third-order valence-corrected chi connectivity index (χ3v) is 12.1. The van der Waals surface area contributed by atoms with Crippen LogP contribution in [-0.4, -0.2) is 76.8 Å². The zero-order chi connectivity index (χ0) is 31.7. The Bertz CT molecular complexity index is 2130. The SMILES string of the molecule is Cc1cc2ncc(-c3nc4c(s3)c(C(N)=O)nn4CC(=O)N3C[C@H](F)C[C@H]3C(=O)NC3CCC(c4cc5sccc5s4)C3)cn2n1. The molecule has 1 saturated carbocycles. The number of thiazole rings is 1. The first-order chi connectivity index (χ1) is 22.2. The lowest BCUT2D eigenvalue weighted by Crippen LogP contribution is -2.49. The van der Waals surface area contributed by atoms with E-state index >= 15 is 0 Å². The van der Waals surface area contributed by atoms with Crippen molar-refractivity contribution >= 4 is 77.1 Å². The Morgan fingerprint density at radius 1 is 1.13 bits per heavy atom. The van der Waals surface area contributed by atoms with Gasteiger partial charge in [-0.2, -0.15) is 10.2 Å². The Labute approximate surface area is 273 Å². The van der Waals surface area contributed by atoms with Gasteiger partial charge < -0.3 is 16.0 Å². The van der Waals surface area contributed by atoms with Crippen molar-refractivity contribution in [2.24, 2.45) is 5.73 Å². The van der Waals surface area contributed by atoms with E-state index in [1.54, 1.807) is 39.6 Å². The minimum absolute atomic E-state index is 0.0176. The number of nitrogens with zero attached hydrogens (tertiary/aromatic N) is 7. The summed E-state index contributed by atoms with van der Waals surface area (Å²) in [5.41, 5.74) is 8.06. The molecule has 4 atom stereocenters. The predicted octanol–water partition coefficient (Wildman–Crippen LogP) is 4.28. The van der Waals surface area contributed by atoms with Gasteiger partial charge in [-0.25, -0.2) is 23.6 Å². The average Bonchev–Trinajstić information content (AvgIpc) is 3.84. The number of carbonyl (C=O) groups is 3. The number of rotatable bonds is 7. The molecule has 0 spiro atoms. The van der Waals surface area contributed by atoms with Gasteiger partial charge in [0.05, 0.1) is 12.2 Å². The molecule has 6 aromatic heterocycles. The number of thiophene rings is 2. The molecule has 236 valence electrons. The quantitative estimate of drug-likeness (QED) is 0.256. The summed E-state index contributed by atoms with van der Waals surface area (Å²) in [5.74, 6) is -1.23. The van der Waals surface area contributed by atoms with E-state index in [1.807, 2.05) is 13.0 Å². The highest BCUT2D eigenvalue weighted by atomic mass is 32.1. The molecule has 3 N–H and O–H groups in total. The molecule has 1 aliphatic carbocycles. The van der Waals surface area contributed by atoms with E-state index < -0.39 is 24.0 Å². The van der Waals surface area contributed by atoms with Crippen molar-refractivity contribution in [3.05, 3.63) is 52.2 Å². The van der Waals surface area contributed by atoms with Crippen LogP contribution in [0, 0.1) is 6.92 Å². The van der Waals surface area contributed by atoms with Crippen molar-refractivity contribution in [1.29, 1.82) is 0 Å². The zero-order valence-electron chi connectivity index (χ0n) is 24.6. The van der Waals surface area contributed by atoms with E-state index in [0.717, 1.165) is 25.0 Å². The highest BCUT2D eigenvalue weighted by Crippen LogP contribution is 2.42. The summed E-state index contributed by atoms with van der Waals surface area (Å²) in [7, 11) is 0. The molecule has 46 heavy (non-hydrogen) atoms. The van der Waals surface area contributed by atoms with Crippen LogP contribution in [0.5, 0.6) is 0 Å². The molecule has 2 aliphatic rings. The summed E-state index contributed by atoms with van der Waals surface area (Å²) in [6.07, 6.45) is 4.66. The number of primary amides is 1. The van der Waals surface area contributed by atoms with Crippen LogP contribution in [0.25, 0.3) is 36.0 Å². The van der Waals surface area contributed by atoms with Gasteiger partial charge in [-0.05, 0) is 49.6 Å². The smallest absolute Gasteiger partial charge is 0.270 e. The molecule has 8 rings (SSSR count). The number of alkyl halides is 1. The van der Waals surface area contributed by atoms with Gasteiger partial charge in [0.15, 0.2) is 17.0 Å². The molecular formula is C30H28FN9O3S3. The highest BCUT2D eigenvalue weighted by molar-refractivity contribution is 7.27. The van der Waals surface area contributed by atoms with E-state index in [-0.39, 0.29) is 37.2 Å². The Morgan fingerprint density at radius 3 is 2.83 bits per heavy atom. The van der Waals surface area contributed by atoms with E-state index in [4.69, 9.17) is 5.73 Å². The summed E-state index contributed by atoms with van der Waals surface area (Å²) < 4.78 is 20.7. The number of fused-ring (bicyclic) bond motifs is 3. The van der Waals surface area contributed by atoms with Gasteiger partial charge in [-0.1, -0.05) is 0 Å². The molecule has 0 radical (unpaired) electrons. The number of aromatic nitrogens is 6. The Balaban J connectivity index is 0.993. The fraction of sp³-hybridized carbons (Fsp3) is 0.367. The summed E-state index contributed by atoms with van der Waals surface area (Å²) in [6, 6.07) is 5.27. The van der Waals surface area contributed by atoms with Gasteiger partial charge in [0, 0.05) is 50.8 Å². The van der Waals surface area contributed by atoms with Crippen LogP contribution < -0.4 is 11.1 Å². The Kier molecular flexibility index (Phi) is 7.10. The fourth-order valence-corrected chi connectivity index (χ4v) is 9.83. The monoisotopic (exact) mass is 677 g/mol. The molecule has 1 aliphatic heterocycles. The Hall–Kier alpha value is -4.28. The number of halogens is 1. The number of hydrogen-bond donors (Lipinski definition) is 2. The maximum Gasteiger partial charge on any atom is 0.270 e. The molecule has 6 aromatic rings. The van der Waals surface area contributed by atoms with E-state index in [9.17, 15) is 18.8 Å². The van der Waals surface area contributed by atoms with Gasteiger partial charge in [-0.15, -0.1) is 34.0 Å². The second-order valence-corrected chi connectivity index (χ2v) is 14.9. The lowest BCUT2D eigenvalue weighted by Gasteiger charge is -2.25. The third kappa shape index (κ3) is 5.13. The van der Waals surface area contributed by atoms with Crippen molar-refractivity contribution in [1.82, 2.24) is 39.6 Å². The van der Waals surface area contributed by atoms with Crippen molar-refractivity contribution in [2.75, 3.05) is 6.54 Å². The lowest BCUT2D eigenvalue weighted by molar-refractivity contribution is -0.139. The van der Waals surface area contributed by atoms with Crippen molar-refractivity contribution in [2.45, 2.75) is 63.3 Å². The molecule has 16 heteroatoms. The van der Waals surface area contributed by atoms with Gasteiger partial charge in [0.1, 0.15) is 28.5 Å². The van der Waals surface area contributed by atoms with Crippen LogP contribution in [0.2, 0.25) is 0 Å². The molecule has 3 amide bonds. The number of nitrogens with one attached hydrogen (secondary N) is 1. The topological polar surface area (TPSA) is 153 Å². The minimum atomic E-state index is -1.33. The highest BCUT2D eigenvalue weighted by Gasteiger charge is 2.41. The van der Waals surface area contributed by atoms with Crippen LogP contribution in [0.15, 0.2) is 36.0 Å². The van der Waals surface area contributed by atoms with Crippen molar-refractivity contribution < 1.29 is 18.8 Å². The molecule has 2 unspecified atom stereocenters. The predicted molar refractivity (Wildman–Crippen MR) is 174 cm³/mol. The standard InChI is InChI=1S/C30H28FN9O3S3/c1-14-6-23-33-10-16(11-39(23)36-14)30-35-28-26(46-30)25(27(32)42)37-40(28)13-24(41)38-12-17(31)8-19(38)29(43)34-18-3-2-15(7-18)21-9-22-20(45-21)4-5-44-22/h4-6,9-11,15,17-19H,2-3,7-8,12-13H2,1H3,(H2,32,42)(H,34,43)/t15?,17-,18?,19+/m1/s1.